The Hall–Kier alpha value is -1.86. The first-order valence-corrected chi connectivity index (χ1v) is 8.72. The van der Waals surface area contributed by atoms with Crippen LogP contribution < -0.4 is 10.6 Å². The number of guanidine groups is 1. The van der Waals surface area contributed by atoms with Crippen LogP contribution in [-0.2, 0) is 12.1 Å². The molecule has 1 unspecified atom stereocenters. The fourth-order valence-corrected chi connectivity index (χ4v) is 2.90. The smallest absolute Gasteiger partial charge is 0.191 e. The summed E-state index contributed by atoms with van der Waals surface area (Å²) in [5.74, 6) is 0.701. The van der Waals surface area contributed by atoms with E-state index in [-0.39, 0.29) is 0 Å². The van der Waals surface area contributed by atoms with Gasteiger partial charge in [0.2, 0.25) is 0 Å². The lowest BCUT2D eigenvalue weighted by atomic mass is 10.00. The van der Waals surface area contributed by atoms with Gasteiger partial charge in [-0.05, 0) is 48.7 Å². The van der Waals surface area contributed by atoms with E-state index in [2.05, 4.69) is 20.7 Å². The van der Waals surface area contributed by atoms with E-state index < -0.39 is 5.60 Å². The fraction of sp³-hybridized carbons (Fsp3) is 0.500. The maximum absolute atomic E-state index is 10.5. The molecule has 0 aliphatic heterocycles. The van der Waals surface area contributed by atoms with E-state index in [1.54, 1.807) is 18.3 Å². The third kappa shape index (κ3) is 5.37. The molecular formula is C16H25N5OS. The Labute approximate surface area is 141 Å². The summed E-state index contributed by atoms with van der Waals surface area (Å²) in [6.45, 7) is 8.38. The van der Waals surface area contributed by atoms with Crippen LogP contribution in [0.4, 0.5) is 0 Å². The summed E-state index contributed by atoms with van der Waals surface area (Å²) < 4.78 is 1.90. The van der Waals surface area contributed by atoms with Gasteiger partial charge in [0.05, 0.1) is 19.3 Å². The largest absolute Gasteiger partial charge is 0.383 e. The normalized spacial score (nSPS) is 14.5. The number of hydrogen-bond acceptors (Lipinski definition) is 4. The van der Waals surface area contributed by atoms with Crippen molar-refractivity contribution in [2.75, 3.05) is 19.6 Å². The van der Waals surface area contributed by atoms with Crippen LogP contribution in [0.25, 0.3) is 0 Å². The first-order valence-electron chi connectivity index (χ1n) is 7.77. The zero-order valence-electron chi connectivity index (χ0n) is 13.9. The van der Waals surface area contributed by atoms with Gasteiger partial charge in [-0.25, -0.2) is 4.99 Å². The summed E-state index contributed by atoms with van der Waals surface area (Å²) in [6.07, 6.45) is 3.85. The molecule has 23 heavy (non-hydrogen) atoms. The predicted octanol–water partition coefficient (Wildman–Crippen LogP) is 1.72. The Morgan fingerprint density at radius 2 is 2.30 bits per heavy atom. The van der Waals surface area contributed by atoms with Gasteiger partial charge in [-0.1, -0.05) is 0 Å². The Balaban J connectivity index is 1.89. The molecule has 0 bridgehead atoms. The molecule has 6 nitrogen and oxygen atoms in total. The summed E-state index contributed by atoms with van der Waals surface area (Å²) in [4.78, 5) is 4.50. The van der Waals surface area contributed by atoms with E-state index in [0.717, 1.165) is 24.2 Å². The number of nitrogens with zero attached hydrogens (tertiary/aromatic N) is 3. The lowest BCUT2D eigenvalue weighted by Gasteiger charge is -2.21. The van der Waals surface area contributed by atoms with Crippen molar-refractivity contribution in [3.8, 4) is 0 Å². The summed E-state index contributed by atoms with van der Waals surface area (Å²) in [7, 11) is 0. The molecule has 126 valence electrons. The quantitative estimate of drug-likeness (QED) is 0.532. The highest BCUT2D eigenvalue weighted by Gasteiger charge is 2.23. The molecule has 1 atom stereocenters. The SMILES string of the molecule is CCNC(=NCC(C)(O)c1ccsc1)NCCn1cc(C)cn1. The summed E-state index contributed by atoms with van der Waals surface area (Å²) >= 11 is 1.58. The minimum Gasteiger partial charge on any atom is -0.383 e. The van der Waals surface area contributed by atoms with Crippen LogP contribution in [-0.4, -0.2) is 40.5 Å². The summed E-state index contributed by atoms with van der Waals surface area (Å²) in [5, 5.41) is 25.2. The number of hydrogen-bond donors (Lipinski definition) is 3. The Bertz CT molecular complexity index is 618. The highest BCUT2D eigenvalue weighted by atomic mass is 32.1. The van der Waals surface area contributed by atoms with Crippen LogP contribution in [0, 0.1) is 6.92 Å². The maximum atomic E-state index is 10.5. The van der Waals surface area contributed by atoms with Gasteiger partial charge in [-0.2, -0.15) is 16.4 Å². The molecule has 0 saturated carbocycles. The number of aromatic nitrogens is 2. The Kier molecular flexibility index (Phi) is 6.18. The zero-order chi connectivity index (χ0) is 16.7. The number of thiophene rings is 1. The Morgan fingerprint density at radius 3 is 2.91 bits per heavy atom. The third-order valence-corrected chi connectivity index (χ3v) is 4.11. The van der Waals surface area contributed by atoms with Gasteiger partial charge in [0.15, 0.2) is 5.96 Å². The standard InChI is InChI=1S/C16H25N5OS/c1-4-17-15(18-6-7-21-10-13(2)9-20-21)19-12-16(3,22)14-5-8-23-11-14/h5,8-11,22H,4,6-7,12H2,1-3H3,(H2,17,18,19). The second kappa shape index (κ2) is 8.12. The third-order valence-electron chi connectivity index (χ3n) is 3.43. The molecule has 0 aromatic carbocycles. The monoisotopic (exact) mass is 335 g/mol. The molecule has 0 amide bonds. The molecule has 7 heteroatoms. The molecule has 2 aromatic rings. The van der Waals surface area contributed by atoms with Gasteiger partial charge in [0, 0.05) is 19.3 Å². The van der Waals surface area contributed by atoms with E-state index >= 15 is 0 Å². The van der Waals surface area contributed by atoms with Gasteiger partial charge in [0.1, 0.15) is 5.60 Å². The highest BCUT2D eigenvalue weighted by molar-refractivity contribution is 7.08. The molecule has 2 aromatic heterocycles. The van der Waals surface area contributed by atoms with E-state index in [0.29, 0.717) is 19.0 Å². The van der Waals surface area contributed by atoms with Crippen molar-refractivity contribution in [3.63, 3.8) is 0 Å². The van der Waals surface area contributed by atoms with Crippen LogP contribution in [0.5, 0.6) is 0 Å². The van der Waals surface area contributed by atoms with Crippen molar-refractivity contribution in [3.05, 3.63) is 40.3 Å². The molecule has 0 radical (unpaired) electrons. The number of aryl methyl sites for hydroxylation is 1. The van der Waals surface area contributed by atoms with E-state index in [4.69, 9.17) is 0 Å². The second-order valence-corrected chi connectivity index (χ2v) is 6.47. The first kappa shape index (κ1) is 17.5. The molecule has 0 spiro atoms. The van der Waals surface area contributed by atoms with Crippen molar-refractivity contribution in [2.45, 2.75) is 32.9 Å². The van der Waals surface area contributed by atoms with Crippen LogP contribution in [0.15, 0.2) is 34.2 Å². The Morgan fingerprint density at radius 1 is 1.48 bits per heavy atom. The van der Waals surface area contributed by atoms with Crippen LogP contribution in [0.2, 0.25) is 0 Å². The minimum absolute atomic E-state index is 0.306. The van der Waals surface area contributed by atoms with Gasteiger partial charge in [0.25, 0.3) is 0 Å². The number of aliphatic imine (C=N–C) groups is 1. The second-order valence-electron chi connectivity index (χ2n) is 5.69. The number of nitrogens with one attached hydrogen (secondary N) is 2. The minimum atomic E-state index is -0.957. The molecule has 3 N–H and O–H groups in total. The van der Waals surface area contributed by atoms with Gasteiger partial charge >= 0.3 is 0 Å². The van der Waals surface area contributed by atoms with Crippen LogP contribution in [0.3, 0.4) is 0 Å². The van der Waals surface area contributed by atoms with Crippen molar-refractivity contribution in [1.29, 1.82) is 0 Å². The average molecular weight is 335 g/mol. The lowest BCUT2D eigenvalue weighted by molar-refractivity contribution is 0.0677. The summed E-state index contributed by atoms with van der Waals surface area (Å²) in [5.41, 5.74) is 1.09. The average Bonchev–Trinajstić information content (AvgIpc) is 3.17. The fourth-order valence-electron chi connectivity index (χ4n) is 2.12. The molecule has 2 rings (SSSR count). The molecule has 0 aliphatic carbocycles. The van der Waals surface area contributed by atoms with E-state index in [1.165, 1.54) is 0 Å². The van der Waals surface area contributed by atoms with Crippen LogP contribution in [0.1, 0.15) is 25.0 Å². The summed E-state index contributed by atoms with van der Waals surface area (Å²) in [6, 6.07) is 1.93. The first-order chi connectivity index (χ1) is 11.0. The van der Waals surface area contributed by atoms with E-state index in [9.17, 15) is 5.11 Å². The van der Waals surface area contributed by atoms with Gasteiger partial charge < -0.3 is 15.7 Å². The molecule has 0 aliphatic rings. The highest BCUT2D eigenvalue weighted by Crippen LogP contribution is 2.23. The van der Waals surface area contributed by atoms with Gasteiger partial charge in [-0.3, -0.25) is 4.68 Å². The number of aliphatic hydroxyl groups is 1. The molecular weight excluding hydrogens is 310 g/mol. The number of rotatable bonds is 7. The van der Waals surface area contributed by atoms with Crippen molar-refractivity contribution < 1.29 is 5.11 Å². The molecule has 2 heterocycles. The van der Waals surface area contributed by atoms with Crippen LogP contribution >= 0.6 is 11.3 Å². The van der Waals surface area contributed by atoms with Crippen molar-refractivity contribution in [2.24, 2.45) is 4.99 Å². The predicted molar refractivity (Wildman–Crippen MR) is 94.8 cm³/mol. The van der Waals surface area contributed by atoms with Crippen molar-refractivity contribution >= 4 is 17.3 Å². The lowest BCUT2D eigenvalue weighted by Crippen LogP contribution is -2.40. The molecule has 0 fully saturated rings. The topological polar surface area (TPSA) is 74.5 Å². The zero-order valence-corrected chi connectivity index (χ0v) is 14.7. The maximum Gasteiger partial charge on any atom is 0.191 e. The molecule has 0 saturated heterocycles. The van der Waals surface area contributed by atoms with Gasteiger partial charge in [-0.15, -0.1) is 0 Å². The van der Waals surface area contributed by atoms with E-state index in [1.807, 2.05) is 47.7 Å². The van der Waals surface area contributed by atoms with Crippen molar-refractivity contribution in [1.82, 2.24) is 20.4 Å².